The van der Waals surface area contributed by atoms with Crippen molar-refractivity contribution < 1.29 is 24.2 Å². The summed E-state index contributed by atoms with van der Waals surface area (Å²) >= 11 is 0. The van der Waals surface area contributed by atoms with E-state index in [0.29, 0.717) is 28.3 Å². The molecular formula is C24H20N2O5. The minimum atomic E-state index is -0.936. The summed E-state index contributed by atoms with van der Waals surface area (Å²) in [6.45, 7) is 0. The van der Waals surface area contributed by atoms with E-state index >= 15 is 0 Å². The largest absolute Gasteiger partial charge is 0.507 e. The Morgan fingerprint density at radius 1 is 1.00 bits per heavy atom. The van der Waals surface area contributed by atoms with Crippen molar-refractivity contribution in [2.75, 3.05) is 19.1 Å². The van der Waals surface area contributed by atoms with Gasteiger partial charge in [-0.05, 0) is 30.3 Å². The second-order valence-corrected chi connectivity index (χ2v) is 6.85. The number of rotatable bonds is 5. The number of carbonyl (C=O) groups is 2. The van der Waals surface area contributed by atoms with Gasteiger partial charge in [0.15, 0.2) is 0 Å². The number of carbonyl (C=O) groups excluding carboxylic acids is 2. The lowest BCUT2D eigenvalue weighted by Crippen LogP contribution is -2.29. The number of methoxy groups -OCH3 is 2. The summed E-state index contributed by atoms with van der Waals surface area (Å²) in [5, 5.41) is 11.1. The maximum atomic E-state index is 13.1. The van der Waals surface area contributed by atoms with E-state index in [1.165, 1.54) is 25.3 Å². The highest BCUT2D eigenvalue weighted by atomic mass is 16.5. The molecule has 2 heterocycles. The third-order valence-electron chi connectivity index (χ3n) is 5.15. The molecule has 1 saturated heterocycles. The monoisotopic (exact) mass is 416 g/mol. The van der Waals surface area contributed by atoms with E-state index in [9.17, 15) is 14.7 Å². The molecular weight excluding hydrogens is 396 g/mol. The lowest BCUT2D eigenvalue weighted by atomic mass is 9.94. The van der Waals surface area contributed by atoms with Gasteiger partial charge in [-0.1, -0.05) is 30.3 Å². The van der Waals surface area contributed by atoms with Crippen LogP contribution in [0.3, 0.4) is 0 Å². The van der Waals surface area contributed by atoms with Crippen LogP contribution >= 0.6 is 0 Å². The Morgan fingerprint density at radius 3 is 2.42 bits per heavy atom. The van der Waals surface area contributed by atoms with Gasteiger partial charge in [0.1, 0.15) is 17.3 Å². The minimum absolute atomic E-state index is 0.0355. The molecule has 0 saturated carbocycles. The fourth-order valence-corrected chi connectivity index (χ4v) is 3.69. The van der Waals surface area contributed by atoms with Gasteiger partial charge in [-0.25, -0.2) is 0 Å². The van der Waals surface area contributed by atoms with Gasteiger partial charge in [0.2, 0.25) is 0 Å². The van der Waals surface area contributed by atoms with Crippen molar-refractivity contribution in [2.45, 2.75) is 6.04 Å². The van der Waals surface area contributed by atoms with Crippen molar-refractivity contribution in [3.63, 3.8) is 0 Å². The zero-order chi connectivity index (χ0) is 22.0. The predicted octanol–water partition coefficient (Wildman–Crippen LogP) is 3.73. The van der Waals surface area contributed by atoms with E-state index in [0.717, 1.165) is 0 Å². The summed E-state index contributed by atoms with van der Waals surface area (Å²) < 4.78 is 10.9. The molecule has 3 aromatic rings. The molecule has 7 heteroatoms. The molecule has 7 nitrogen and oxygen atoms in total. The van der Waals surface area contributed by atoms with Crippen LogP contribution in [0.15, 0.2) is 78.6 Å². The first-order valence-corrected chi connectivity index (χ1v) is 9.55. The van der Waals surface area contributed by atoms with Crippen molar-refractivity contribution in [3.8, 4) is 11.5 Å². The Hall–Kier alpha value is -4.13. The number of aromatic nitrogens is 1. The quantitative estimate of drug-likeness (QED) is 0.387. The van der Waals surface area contributed by atoms with Gasteiger partial charge < -0.3 is 14.6 Å². The maximum Gasteiger partial charge on any atom is 0.300 e. The molecule has 0 aliphatic carbocycles. The molecule has 0 spiro atoms. The number of nitrogens with zero attached hydrogens (tertiary/aromatic N) is 2. The van der Waals surface area contributed by atoms with Crippen molar-refractivity contribution in [3.05, 3.63) is 89.8 Å². The van der Waals surface area contributed by atoms with Gasteiger partial charge in [-0.15, -0.1) is 0 Å². The fraction of sp³-hybridized carbons (Fsp3) is 0.125. The molecule has 1 fully saturated rings. The van der Waals surface area contributed by atoms with Crippen LogP contribution in [0.4, 0.5) is 5.69 Å². The highest BCUT2D eigenvalue weighted by Gasteiger charge is 2.48. The van der Waals surface area contributed by atoms with Crippen molar-refractivity contribution >= 4 is 23.1 Å². The first-order valence-electron chi connectivity index (χ1n) is 9.55. The number of hydrogen-bond donors (Lipinski definition) is 1. The number of aliphatic hydroxyl groups is 1. The summed E-state index contributed by atoms with van der Waals surface area (Å²) in [6.07, 6.45) is 3.07. The molecule has 1 unspecified atom stereocenters. The van der Waals surface area contributed by atoms with Crippen LogP contribution in [0.2, 0.25) is 0 Å². The van der Waals surface area contributed by atoms with E-state index in [2.05, 4.69) is 4.98 Å². The number of ether oxygens (including phenoxy) is 2. The van der Waals surface area contributed by atoms with E-state index < -0.39 is 17.7 Å². The lowest BCUT2D eigenvalue weighted by molar-refractivity contribution is -0.132. The highest BCUT2D eigenvalue weighted by molar-refractivity contribution is 6.51. The molecule has 1 atom stereocenters. The zero-order valence-electron chi connectivity index (χ0n) is 17.0. The smallest absolute Gasteiger partial charge is 0.300 e. The molecule has 1 aliphatic heterocycles. The van der Waals surface area contributed by atoms with E-state index in [1.54, 1.807) is 66.9 Å². The predicted molar refractivity (Wildman–Crippen MR) is 115 cm³/mol. The molecule has 1 aromatic heterocycles. The third kappa shape index (κ3) is 3.50. The Bertz CT molecular complexity index is 1160. The molecule has 4 rings (SSSR count). The van der Waals surface area contributed by atoms with Gasteiger partial charge in [-0.3, -0.25) is 19.5 Å². The summed E-state index contributed by atoms with van der Waals surface area (Å²) in [5.74, 6) is -0.853. The summed E-state index contributed by atoms with van der Waals surface area (Å²) in [7, 11) is 3.02. The molecule has 0 radical (unpaired) electrons. The Balaban J connectivity index is 2.01. The van der Waals surface area contributed by atoms with Gasteiger partial charge in [0.25, 0.3) is 11.7 Å². The van der Waals surface area contributed by atoms with Crippen LogP contribution in [0, 0.1) is 0 Å². The van der Waals surface area contributed by atoms with Crippen LogP contribution in [0.1, 0.15) is 17.2 Å². The molecule has 1 aliphatic rings. The number of amides is 1. The SMILES string of the molecule is COc1ccc(OC)c(C2/C(=C(\O)c3ccccc3)C(=O)C(=O)N2c2cccnc2)c1. The Kier molecular flexibility index (Phi) is 5.41. The van der Waals surface area contributed by atoms with Crippen molar-refractivity contribution in [1.82, 2.24) is 4.98 Å². The average Bonchev–Trinajstić information content (AvgIpc) is 3.09. The van der Waals surface area contributed by atoms with Crippen LogP contribution in [-0.4, -0.2) is 36.0 Å². The number of ketones is 1. The number of anilines is 1. The van der Waals surface area contributed by atoms with E-state index in [-0.39, 0.29) is 11.3 Å². The number of hydrogen-bond acceptors (Lipinski definition) is 6. The van der Waals surface area contributed by atoms with Crippen molar-refractivity contribution in [2.24, 2.45) is 0 Å². The molecule has 156 valence electrons. The first-order chi connectivity index (χ1) is 15.1. The second-order valence-electron chi connectivity index (χ2n) is 6.85. The van der Waals surface area contributed by atoms with Gasteiger partial charge in [0, 0.05) is 17.3 Å². The minimum Gasteiger partial charge on any atom is -0.507 e. The van der Waals surface area contributed by atoms with Crippen LogP contribution in [-0.2, 0) is 9.59 Å². The van der Waals surface area contributed by atoms with E-state index in [4.69, 9.17) is 9.47 Å². The fourth-order valence-electron chi connectivity index (χ4n) is 3.69. The second kappa shape index (κ2) is 8.31. The Labute approximate surface area is 179 Å². The lowest BCUT2D eigenvalue weighted by Gasteiger charge is -2.26. The molecule has 2 aromatic carbocycles. The van der Waals surface area contributed by atoms with Gasteiger partial charge >= 0.3 is 0 Å². The molecule has 1 amide bonds. The van der Waals surface area contributed by atoms with Gasteiger partial charge in [0.05, 0.1) is 37.7 Å². The standard InChI is InChI=1S/C24H20N2O5/c1-30-17-10-11-19(31-2)18(13-17)21-20(22(27)15-7-4-3-5-8-15)23(28)24(29)26(21)16-9-6-12-25-14-16/h3-14,21,27H,1-2H3/b22-20+. The van der Waals surface area contributed by atoms with Crippen LogP contribution in [0.25, 0.3) is 5.76 Å². The molecule has 31 heavy (non-hydrogen) atoms. The van der Waals surface area contributed by atoms with Crippen LogP contribution in [0.5, 0.6) is 11.5 Å². The third-order valence-corrected chi connectivity index (χ3v) is 5.15. The summed E-state index contributed by atoms with van der Waals surface area (Å²) in [4.78, 5) is 31.7. The van der Waals surface area contributed by atoms with Crippen LogP contribution < -0.4 is 14.4 Å². The number of aliphatic hydroxyl groups excluding tert-OH is 1. The van der Waals surface area contributed by atoms with Crippen molar-refractivity contribution in [1.29, 1.82) is 0 Å². The topological polar surface area (TPSA) is 89.0 Å². The highest BCUT2D eigenvalue weighted by Crippen LogP contribution is 2.45. The normalized spacial score (nSPS) is 17.6. The number of pyridine rings is 1. The van der Waals surface area contributed by atoms with Gasteiger partial charge in [-0.2, -0.15) is 0 Å². The summed E-state index contributed by atoms with van der Waals surface area (Å²) in [5.41, 5.74) is 1.32. The van der Waals surface area contributed by atoms with E-state index in [1.807, 2.05) is 0 Å². The number of Topliss-reactive ketones (excluding diaryl/α,β-unsaturated/α-hetero) is 1. The Morgan fingerprint density at radius 2 is 1.77 bits per heavy atom. The number of benzene rings is 2. The summed E-state index contributed by atoms with van der Waals surface area (Å²) in [6, 6.07) is 16.2. The molecule has 0 bridgehead atoms. The first kappa shape index (κ1) is 20.2. The zero-order valence-corrected chi connectivity index (χ0v) is 17.0. The average molecular weight is 416 g/mol. The maximum absolute atomic E-state index is 13.1. The molecule has 1 N–H and O–H groups in total.